The number of thioether (sulfide) groups is 1. The molecule has 2 heteroatoms. The van der Waals surface area contributed by atoms with E-state index in [1.165, 1.54) is 24.6 Å². The van der Waals surface area contributed by atoms with Crippen molar-refractivity contribution in [1.29, 1.82) is 0 Å². The van der Waals surface area contributed by atoms with Gasteiger partial charge in [0, 0.05) is 24.6 Å². The van der Waals surface area contributed by atoms with Crippen molar-refractivity contribution in [3.8, 4) is 0 Å². The lowest BCUT2D eigenvalue weighted by molar-refractivity contribution is 0.372. The van der Waals surface area contributed by atoms with Crippen molar-refractivity contribution in [3.63, 3.8) is 0 Å². The van der Waals surface area contributed by atoms with Gasteiger partial charge in [-0.3, -0.25) is 0 Å². The van der Waals surface area contributed by atoms with E-state index in [4.69, 9.17) is 0 Å². The van der Waals surface area contributed by atoms with E-state index in [0.29, 0.717) is 0 Å². The second-order valence-corrected chi connectivity index (χ2v) is 3.14. The van der Waals surface area contributed by atoms with Crippen LogP contribution in [-0.2, 0) is 0 Å². The van der Waals surface area contributed by atoms with Gasteiger partial charge in [-0.05, 0) is 7.05 Å². The first-order valence-corrected chi connectivity index (χ1v) is 5.31. The van der Waals surface area contributed by atoms with Crippen molar-refractivity contribution in [2.45, 2.75) is 13.8 Å². The molecule has 0 N–H and O–H groups in total. The Labute approximate surface area is 75.9 Å². The molecule has 1 aliphatic heterocycles. The van der Waals surface area contributed by atoms with E-state index in [-0.39, 0.29) is 0 Å². The Balaban J connectivity index is 0. The molecule has 0 aliphatic carbocycles. The van der Waals surface area contributed by atoms with Gasteiger partial charge in [-0.2, -0.15) is 11.8 Å². The van der Waals surface area contributed by atoms with Gasteiger partial charge in [-0.15, -0.1) is 13.2 Å². The highest BCUT2D eigenvalue weighted by Gasteiger charge is 2.02. The van der Waals surface area contributed by atoms with Gasteiger partial charge >= 0.3 is 0 Å². The first kappa shape index (κ1) is 13.6. The molecule has 0 aromatic carbocycles. The van der Waals surface area contributed by atoms with E-state index in [0.717, 1.165) is 0 Å². The highest BCUT2D eigenvalue weighted by atomic mass is 32.2. The quantitative estimate of drug-likeness (QED) is 0.520. The maximum atomic E-state index is 3.00. The monoisotopic (exact) mass is 175 g/mol. The molecular weight excluding hydrogens is 154 g/mol. The predicted octanol–water partition coefficient (Wildman–Crippen LogP) is 2.49. The zero-order chi connectivity index (χ0) is 9.11. The summed E-state index contributed by atoms with van der Waals surface area (Å²) in [5.41, 5.74) is 0. The summed E-state index contributed by atoms with van der Waals surface area (Å²) in [4.78, 5) is 2.37. The van der Waals surface area contributed by atoms with E-state index in [2.05, 4.69) is 36.9 Å². The van der Waals surface area contributed by atoms with Gasteiger partial charge < -0.3 is 4.90 Å². The molecule has 0 radical (unpaired) electrons. The van der Waals surface area contributed by atoms with Gasteiger partial charge in [0.1, 0.15) is 0 Å². The summed E-state index contributed by atoms with van der Waals surface area (Å²) in [7, 11) is 2.18. The van der Waals surface area contributed by atoms with Crippen LogP contribution < -0.4 is 0 Å². The van der Waals surface area contributed by atoms with Crippen molar-refractivity contribution in [3.05, 3.63) is 13.2 Å². The van der Waals surface area contributed by atoms with Crippen LogP contribution in [0.1, 0.15) is 13.8 Å². The highest BCUT2D eigenvalue weighted by molar-refractivity contribution is 7.99. The van der Waals surface area contributed by atoms with Crippen LogP contribution in [0.5, 0.6) is 0 Å². The molecule has 0 atom stereocenters. The summed E-state index contributed by atoms with van der Waals surface area (Å²) in [5.74, 6) is 2.66. The van der Waals surface area contributed by atoms with E-state index >= 15 is 0 Å². The van der Waals surface area contributed by atoms with Crippen LogP contribution in [0.4, 0.5) is 0 Å². The van der Waals surface area contributed by atoms with Gasteiger partial charge in [0.25, 0.3) is 0 Å². The largest absolute Gasteiger partial charge is 0.305 e. The molecule has 0 spiro atoms. The summed E-state index contributed by atoms with van der Waals surface area (Å²) >= 11 is 2.06. The van der Waals surface area contributed by atoms with Crippen LogP contribution in [-0.4, -0.2) is 36.5 Å². The van der Waals surface area contributed by atoms with E-state index in [1.807, 2.05) is 13.8 Å². The number of hydrogen-bond donors (Lipinski definition) is 0. The molecule has 0 aromatic heterocycles. The normalized spacial score (nSPS) is 17.0. The minimum absolute atomic E-state index is 1.28. The highest BCUT2D eigenvalue weighted by Crippen LogP contribution is 2.05. The summed E-state index contributed by atoms with van der Waals surface area (Å²) in [6.07, 6.45) is 0. The number of rotatable bonds is 0. The van der Waals surface area contributed by atoms with Crippen molar-refractivity contribution in [1.82, 2.24) is 4.90 Å². The van der Waals surface area contributed by atoms with Crippen molar-refractivity contribution >= 4 is 11.8 Å². The van der Waals surface area contributed by atoms with Crippen LogP contribution in [0.15, 0.2) is 13.2 Å². The Hall–Kier alpha value is 0.0500. The minimum Gasteiger partial charge on any atom is -0.305 e. The standard InChI is InChI=1S/C5H11NS.C2H6.C2H4/c1-6-2-4-7-5-3-6;2*1-2/h2-5H2,1H3;1-2H3;1-2H2. The summed E-state index contributed by atoms with van der Waals surface area (Å²) in [5, 5.41) is 0. The Bertz CT molecular complexity index is 60.6. The van der Waals surface area contributed by atoms with Crippen LogP contribution in [0.25, 0.3) is 0 Å². The van der Waals surface area contributed by atoms with E-state index in [1.54, 1.807) is 0 Å². The lowest BCUT2D eigenvalue weighted by Gasteiger charge is -2.20. The Morgan fingerprint density at radius 2 is 1.45 bits per heavy atom. The topological polar surface area (TPSA) is 3.24 Å². The molecule has 1 rings (SSSR count). The van der Waals surface area contributed by atoms with Gasteiger partial charge in [-0.25, -0.2) is 0 Å². The van der Waals surface area contributed by atoms with Crippen LogP contribution in [0, 0.1) is 0 Å². The first-order valence-electron chi connectivity index (χ1n) is 4.16. The summed E-state index contributed by atoms with van der Waals surface area (Å²) in [6.45, 7) is 12.6. The van der Waals surface area contributed by atoms with Gasteiger partial charge in [0.2, 0.25) is 0 Å². The molecule has 0 saturated carbocycles. The molecule has 1 aliphatic rings. The average molecular weight is 175 g/mol. The molecular formula is C9H21NS. The molecule has 0 aromatic rings. The lowest BCUT2D eigenvalue weighted by Crippen LogP contribution is -2.28. The molecule has 0 unspecified atom stereocenters. The molecule has 0 amide bonds. The van der Waals surface area contributed by atoms with Crippen LogP contribution in [0.3, 0.4) is 0 Å². The van der Waals surface area contributed by atoms with Crippen molar-refractivity contribution < 1.29 is 0 Å². The molecule has 1 heterocycles. The van der Waals surface area contributed by atoms with E-state index in [9.17, 15) is 0 Å². The van der Waals surface area contributed by atoms with Gasteiger partial charge in [0.05, 0.1) is 0 Å². The zero-order valence-electron chi connectivity index (χ0n) is 8.10. The van der Waals surface area contributed by atoms with Gasteiger partial charge in [-0.1, -0.05) is 13.8 Å². The fourth-order valence-electron chi connectivity index (χ4n) is 0.655. The maximum absolute atomic E-state index is 3.00. The fraction of sp³-hybridized carbons (Fsp3) is 0.778. The second-order valence-electron chi connectivity index (χ2n) is 1.92. The lowest BCUT2D eigenvalue weighted by atomic mass is 10.6. The molecule has 1 saturated heterocycles. The van der Waals surface area contributed by atoms with E-state index < -0.39 is 0 Å². The molecule has 1 nitrogen and oxygen atoms in total. The Morgan fingerprint density at radius 1 is 1.09 bits per heavy atom. The molecule has 0 bridgehead atoms. The SMILES string of the molecule is C=C.CC.CN1CCSCC1. The predicted molar refractivity (Wildman–Crippen MR) is 57.4 cm³/mol. The van der Waals surface area contributed by atoms with Crippen molar-refractivity contribution in [2.75, 3.05) is 31.6 Å². The smallest absolute Gasteiger partial charge is 0.00696 e. The number of hydrogen-bond acceptors (Lipinski definition) is 2. The summed E-state index contributed by atoms with van der Waals surface area (Å²) in [6, 6.07) is 0. The fourth-order valence-corrected chi connectivity index (χ4v) is 1.74. The Kier molecular flexibility index (Phi) is 15.7. The first-order chi connectivity index (χ1) is 5.39. The third-order valence-electron chi connectivity index (χ3n) is 1.23. The third-order valence-corrected chi connectivity index (χ3v) is 2.18. The Morgan fingerprint density at radius 3 is 1.64 bits per heavy atom. The minimum atomic E-state index is 1.28. The second kappa shape index (κ2) is 12.7. The van der Waals surface area contributed by atoms with Gasteiger partial charge in [0.15, 0.2) is 0 Å². The maximum Gasteiger partial charge on any atom is 0.00696 e. The third kappa shape index (κ3) is 10.1. The zero-order valence-corrected chi connectivity index (χ0v) is 8.91. The summed E-state index contributed by atoms with van der Waals surface area (Å²) < 4.78 is 0. The molecule has 11 heavy (non-hydrogen) atoms. The average Bonchev–Trinajstić information content (AvgIpc) is 2.13. The van der Waals surface area contributed by atoms with Crippen LogP contribution >= 0.6 is 11.8 Å². The van der Waals surface area contributed by atoms with Crippen molar-refractivity contribution in [2.24, 2.45) is 0 Å². The molecule has 1 fully saturated rings. The van der Waals surface area contributed by atoms with Crippen LogP contribution in [0.2, 0.25) is 0 Å². The molecule has 68 valence electrons. The number of nitrogens with zero attached hydrogens (tertiary/aromatic N) is 1.